The van der Waals surface area contributed by atoms with Gasteiger partial charge in [0, 0.05) is 11.6 Å². The van der Waals surface area contributed by atoms with Gasteiger partial charge in [0.1, 0.15) is 11.5 Å². The van der Waals surface area contributed by atoms with E-state index in [4.69, 9.17) is 14.6 Å². The van der Waals surface area contributed by atoms with Crippen LogP contribution in [0.1, 0.15) is 31.9 Å². The second kappa shape index (κ2) is 5.93. The number of hydrogen-bond acceptors (Lipinski definition) is 4. The minimum absolute atomic E-state index is 0.102. The molecular weight excluding hydrogens is 248 g/mol. The van der Waals surface area contributed by atoms with Gasteiger partial charge in [0.15, 0.2) is 0 Å². The Hall–Kier alpha value is -1.75. The second-order valence-corrected chi connectivity index (χ2v) is 5.02. The molecule has 0 bridgehead atoms. The molecular formula is C14H20O5. The first-order valence-corrected chi connectivity index (χ1v) is 5.95. The molecule has 0 aromatic heterocycles. The van der Waals surface area contributed by atoms with Gasteiger partial charge in [0.2, 0.25) is 0 Å². The Labute approximate surface area is 112 Å². The van der Waals surface area contributed by atoms with Crippen LogP contribution in [0.25, 0.3) is 0 Å². The standard InChI is InChI=1S/C14H20O5/c1-14(2,13(16)17)8-11(15)10-6-5-9(18-3)7-12(10)19-4/h5-7,11,15H,8H2,1-4H3,(H,16,17). The van der Waals surface area contributed by atoms with Crippen LogP contribution in [0.5, 0.6) is 11.5 Å². The summed E-state index contributed by atoms with van der Waals surface area (Å²) in [4.78, 5) is 11.1. The van der Waals surface area contributed by atoms with Crippen LogP contribution >= 0.6 is 0 Å². The van der Waals surface area contributed by atoms with Crippen molar-refractivity contribution >= 4 is 5.97 Å². The highest BCUT2D eigenvalue weighted by atomic mass is 16.5. The van der Waals surface area contributed by atoms with Crippen molar-refractivity contribution in [2.75, 3.05) is 14.2 Å². The molecule has 2 N–H and O–H groups in total. The Morgan fingerprint density at radius 3 is 2.42 bits per heavy atom. The fraction of sp³-hybridized carbons (Fsp3) is 0.500. The first kappa shape index (κ1) is 15.3. The third kappa shape index (κ3) is 3.61. The number of carboxylic acid groups (broad SMARTS) is 1. The number of rotatable bonds is 6. The summed E-state index contributed by atoms with van der Waals surface area (Å²) < 4.78 is 10.3. The lowest BCUT2D eigenvalue weighted by atomic mass is 9.84. The maximum atomic E-state index is 11.1. The molecule has 1 aromatic rings. The quantitative estimate of drug-likeness (QED) is 0.827. The molecule has 5 nitrogen and oxygen atoms in total. The maximum Gasteiger partial charge on any atom is 0.309 e. The van der Waals surface area contributed by atoms with Crippen LogP contribution < -0.4 is 9.47 Å². The Balaban J connectivity index is 2.99. The average Bonchev–Trinajstić information content (AvgIpc) is 2.37. The lowest BCUT2D eigenvalue weighted by Crippen LogP contribution is -2.26. The van der Waals surface area contributed by atoms with Gasteiger partial charge in [-0.05, 0) is 32.4 Å². The lowest BCUT2D eigenvalue weighted by Gasteiger charge is -2.24. The van der Waals surface area contributed by atoms with E-state index in [1.165, 1.54) is 7.11 Å². The number of aliphatic carboxylic acids is 1. The molecule has 0 fully saturated rings. The van der Waals surface area contributed by atoms with E-state index < -0.39 is 17.5 Å². The topological polar surface area (TPSA) is 76.0 Å². The summed E-state index contributed by atoms with van der Waals surface area (Å²) >= 11 is 0. The van der Waals surface area contributed by atoms with Crippen molar-refractivity contribution in [3.63, 3.8) is 0 Å². The molecule has 0 radical (unpaired) electrons. The number of aliphatic hydroxyl groups is 1. The zero-order chi connectivity index (χ0) is 14.6. The summed E-state index contributed by atoms with van der Waals surface area (Å²) in [5, 5.41) is 19.3. The van der Waals surface area contributed by atoms with Crippen molar-refractivity contribution in [1.29, 1.82) is 0 Å². The van der Waals surface area contributed by atoms with Crippen LogP contribution in [0.2, 0.25) is 0 Å². The van der Waals surface area contributed by atoms with E-state index in [9.17, 15) is 9.90 Å². The molecule has 19 heavy (non-hydrogen) atoms. The van der Waals surface area contributed by atoms with Crippen molar-refractivity contribution < 1.29 is 24.5 Å². The highest BCUT2D eigenvalue weighted by Crippen LogP contribution is 2.36. The molecule has 0 amide bonds. The first-order valence-electron chi connectivity index (χ1n) is 5.95. The molecule has 0 aliphatic rings. The molecule has 0 spiro atoms. The van der Waals surface area contributed by atoms with E-state index in [0.29, 0.717) is 17.1 Å². The molecule has 0 aliphatic heterocycles. The zero-order valence-corrected chi connectivity index (χ0v) is 11.6. The Morgan fingerprint density at radius 1 is 1.32 bits per heavy atom. The summed E-state index contributed by atoms with van der Waals surface area (Å²) in [6.45, 7) is 3.16. The lowest BCUT2D eigenvalue weighted by molar-refractivity contribution is -0.148. The fourth-order valence-corrected chi connectivity index (χ4v) is 1.77. The van der Waals surface area contributed by atoms with Crippen LogP contribution in [-0.2, 0) is 4.79 Å². The van der Waals surface area contributed by atoms with Gasteiger partial charge in [-0.25, -0.2) is 0 Å². The zero-order valence-electron chi connectivity index (χ0n) is 11.6. The summed E-state index contributed by atoms with van der Waals surface area (Å²) in [5.41, 5.74) is -0.456. The monoisotopic (exact) mass is 268 g/mol. The van der Waals surface area contributed by atoms with E-state index in [1.807, 2.05) is 0 Å². The van der Waals surface area contributed by atoms with Crippen molar-refractivity contribution in [2.45, 2.75) is 26.4 Å². The van der Waals surface area contributed by atoms with Gasteiger partial charge in [-0.2, -0.15) is 0 Å². The van der Waals surface area contributed by atoms with Gasteiger partial charge in [-0.3, -0.25) is 4.79 Å². The average molecular weight is 268 g/mol. The molecule has 0 saturated heterocycles. The molecule has 1 aromatic carbocycles. The molecule has 5 heteroatoms. The molecule has 0 saturated carbocycles. The van der Waals surface area contributed by atoms with Crippen molar-refractivity contribution in [1.82, 2.24) is 0 Å². The number of hydrogen-bond donors (Lipinski definition) is 2. The second-order valence-electron chi connectivity index (χ2n) is 5.02. The van der Waals surface area contributed by atoms with E-state index in [-0.39, 0.29) is 6.42 Å². The number of carbonyl (C=O) groups is 1. The van der Waals surface area contributed by atoms with Gasteiger partial charge >= 0.3 is 5.97 Å². The summed E-state index contributed by atoms with van der Waals surface area (Å²) in [5.74, 6) is 0.150. The molecule has 1 atom stereocenters. The Bertz CT molecular complexity index is 453. The van der Waals surface area contributed by atoms with Gasteiger partial charge in [-0.15, -0.1) is 0 Å². The molecule has 0 heterocycles. The molecule has 0 aliphatic carbocycles. The minimum atomic E-state index is -1.01. The Kier molecular flexibility index (Phi) is 4.78. The van der Waals surface area contributed by atoms with Gasteiger partial charge in [0.05, 0.1) is 25.7 Å². The van der Waals surface area contributed by atoms with E-state index in [2.05, 4.69) is 0 Å². The van der Waals surface area contributed by atoms with E-state index in [0.717, 1.165) is 0 Å². The highest BCUT2D eigenvalue weighted by Gasteiger charge is 2.31. The number of carboxylic acids is 1. The largest absolute Gasteiger partial charge is 0.497 e. The van der Waals surface area contributed by atoms with Crippen LogP contribution in [-0.4, -0.2) is 30.4 Å². The maximum absolute atomic E-state index is 11.1. The summed E-state index contributed by atoms with van der Waals surface area (Å²) in [7, 11) is 3.03. The normalized spacial score (nSPS) is 12.9. The number of aliphatic hydroxyl groups excluding tert-OH is 1. The van der Waals surface area contributed by atoms with Crippen LogP contribution in [0.15, 0.2) is 18.2 Å². The third-order valence-corrected chi connectivity index (χ3v) is 3.08. The van der Waals surface area contributed by atoms with Crippen LogP contribution in [0.4, 0.5) is 0 Å². The SMILES string of the molecule is COc1ccc(C(O)CC(C)(C)C(=O)O)c(OC)c1. The molecule has 1 unspecified atom stereocenters. The predicted molar refractivity (Wildman–Crippen MR) is 70.5 cm³/mol. The van der Waals surface area contributed by atoms with Gasteiger partial charge < -0.3 is 19.7 Å². The predicted octanol–water partition coefficient (Wildman–Crippen LogP) is 2.24. The molecule has 1 rings (SSSR count). The van der Waals surface area contributed by atoms with Gasteiger partial charge in [-0.1, -0.05) is 0 Å². The van der Waals surface area contributed by atoms with Gasteiger partial charge in [0.25, 0.3) is 0 Å². The van der Waals surface area contributed by atoms with E-state index in [1.54, 1.807) is 39.2 Å². The van der Waals surface area contributed by atoms with Crippen molar-refractivity contribution in [3.05, 3.63) is 23.8 Å². The fourth-order valence-electron chi connectivity index (χ4n) is 1.77. The van der Waals surface area contributed by atoms with Crippen LogP contribution in [0.3, 0.4) is 0 Å². The van der Waals surface area contributed by atoms with Crippen molar-refractivity contribution in [3.8, 4) is 11.5 Å². The van der Waals surface area contributed by atoms with Crippen molar-refractivity contribution in [2.24, 2.45) is 5.41 Å². The first-order chi connectivity index (χ1) is 8.81. The third-order valence-electron chi connectivity index (χ3n) is 3.08. The van der Waals surface area contributed by atoms with Crippen LogP contribution in [0, 0.1) is 5.41 Å². The summed E-state index contributed by atoms with van der Waals surface area (Å²) in [6.07, 6.45) is -0.808. The highest BCUT2D eigenvalue weighted by molar-refractivity contribution is 5.73. The number of ether oxygens (including phenoxy) is 2. The number of methoxy groups -OCH3 is 2. The van der Waals surface area contributed by atoms with E-state index >= 15 is 0 Å². The summed E-state index contributed by atoms with van der Waals surface area (Å²) in [6, 6.07) is 5.04. The Morgan fingerprint density at radius 2 is 1.95 bits per heavy atom. The molecule has 106 valence electrons. The smallest absolute Gasteiger partial charge is 0.309 e. The number of benzene rings is 1. The minimum Gasteiger partial charge on any atom is -0.497 e.